The Hall–Kier alpha value is -3.01. The Labute approximate surface area is 170 Å². The lowest BCUT2D eigenvalue weighted by molar-refractivity contribution is -0.138. The van der Waals surface area contributed by atoms with Crippen molar-refractivity contribution in [1.29, 1.82) is 5.26 Å². The molecule has 1 aromatic carbocycles. The molecule has 1 aromatic heterocycles. The summed E-state index contributed by atoms with van der Waals surface area (Å²) < 4.78 is 16.3. The number of furan rings is 1. The first-order chi connectivity index (χ1) is 13.9. The molecule has 0 unspecified atom stereocenters. The lowest BCUT2D eigenvalue weighted by atomic mass is 9.81. The topological polar surface area (TPSA) is 92.8 Å². The highest BCUT2D eigenvalue weighted by atomic mass is 16.5. The summed E-state index contributed by atoms with van der Waals surface area (Å²) in [6.45, 7) is 3.77. The third-order valence-corrected chi connectivity index (χ3v) is 5.64. The van der Waals surface area contributed by atoms with Crippen LogP contribution in [-0.4, -0.2) is 42.6 Å². The monoisotopic (exact) mass is 398 g/mol. The smallest absolute Gasteiger partial charge is 0.375 e. The van der Waals surface area contributed by atoms with Crippen LogP contribution in [0, 0.1) is 18.3 Å². The van der Waals surface area contributed by atoms with Crippen LogP contribution in [0.15, 0.2) is 22.6 Å². The van der Waals surface area contributed by atoms with Crippen molar-refractivity contribution in [3.63, 3.8) is 0 Å². The molecule has 7 heteroatoms. The number of likely N-dealkylation sites (N-methyl/N-ethyl adjacent to an activating group) is 1. The summed E-state index contributed by atoms with van der Waals surface area (Å²) in [5.74, 6) is -0.339. The van der Waals surface area contributed by atoms with E-state index in [2.05, 4.69) is 6.07 Å². The predicted octanol–water partition coefficient (Wildman–Crippen LogP) is 3.98. The molecule has 0 atom stereocenters. The van der Waals surface area contributed by atoms with Gasteiger partial charge in [0.05, 0.1) is 12.7 Å². The zero-order chi connectivity index (χ0) is 21.0. The van der Waals surface area contributed by atoms with Crippen LogP contribution in [0.2, 0.25) is 0 Å². The van der Waals surface area contributed by atoms with Crippen molar-refractivity contribution in [2.75, 3.05) is 20.3 Å². The first-order valence-corrected chi connectivity index (χ1v) is 9.93. The number of hydrogen-bond acceptors (Lipinski definition) is 6. The number of ether oxygens (including phenoxy) is 2. The SMILES string of the molecule is CCOc1ccc2oc(C(=O)OCC(=O)N(C)C3(C#N)CCCCC3)c(C)c2c1. The summed E-state index contributed by atoms with van der Waals surface area (Å²) in [5.41, 5.74) is 0.368. The summed E-state index contributed by atoms with van der Waals surface area (Å²) in [5, 5.41) is 10.4. The molecule has 0 aliphatic heterocycles. The average Bonchev–Trinajstić information content (AvgIpc) is 3.08. The van der Waals surface area contributed by atoms with Gasteiger partial charge in [-0.1, -0.05) is 19.3 Å². The average molecular weight is 398 g/mol. The van der Waals surface area contributed by atoms with Gasteiger partial charge in [0.1, 0.15) is 16.9 Å². The summed E-state index contributed by atoms with van der Waals surface area (Å²) in [7, 11) is 1.60. The van der Waals surface area contributed by atoms with Crippen molar-refractivity contribution in [2.24, 2.45) is 0 Å². The minimum atomic E-state index is -0.813. The van der Waals surface area contributed by atoms with E-state index in [4.69, 9.17) is 13.9 Å². The fraction of sp³-hybridized carbons (Fsp3) is 0.500. The van der Waals surface area contributed by atoms with E-state index < -0.39 is 24.0 Å². The van der Waals surface area contributed by atoms with Crippen molar-refractivity contribution in [2.45, 2.75) is 51.5 Å². The van der Waals surface area contributed by atoms with E-state index >= 15 is 0 Å². The number of nitriles is 1. The second-order valence-electron chi connectivity index (χ2n) is 7.38. The van der Waals surface area contributed by atoms with Crippen molar-refractivity contribution in [1.82, 2.24) is 4.90 Å². The maximum atomic E-state index is 12.6. The van der Waals surface area contributed by atoms with Crippen LogP contribution in [0.25, 0.3) is 11.0 Å². The molecule has 1 fully saturated rings. The van der Waals surface area contributed by atoms with Crippen LogP contribution in [0.5, 0.6) is 5.75 Å². The molecule has 1 aliphatic carbocycles. The number of rotatable bonds is 6. The van der Waals surface area contributed by atoms with E-state index in [1.807, 2.05) is 13.0 Å². The first kappa shape index (κ1) is 20.7. The van der Waals surface area contributed by atoms with Gasteiger partial charge in [0.15, 0.2) is 6.61 Å². The maximum Gasteiger partial charge on any atom is 0.375 e. The minimum Gasteiger partial charge on any atom is -0.494 e. The number of fused-ring (bicyclic) bond motifs is 1. The number of carbonyl (C=O) groups is 2. The van der Waals surface area contributed by atoms with Crippen LogP contribution in [0.1, 0.15) is 55.1 Å². The molecule has 1 saturated carbocycles. The van der Waals surface area contributed by atoms with E-state index in [0.29, 0.717) is 36.3 Å². The van der Waals surface area contributed by atoms with Gasteiger partial charge in [0.2, 0.25) is 5.76 Å². The van der Waals surface area contributed by atoms with E-state index in [0.717, 1.165) is 24.6 Å². The maximum absolute atomic E-state index is 12.6. The second kappa shape index (κ2) is 8.56. The van der Waals surface area contributed by atoms with Gasteiger partial charge in [-0.15, -0.1) is 0 Å². The molecule has 0 bridgehead atoms. The highest BCUT2D eigenvalue weighted by Crippen LogP contribution is 2.33. The van der Waals surface area contributed by atoms with Gasteiger partial charge in [-0.25, -0.2) is 4.79 Å². The molecule has 0 saturated heterocycles. The molecule has 29 heavy (non-hydrogen) atoms. The van der Waals surface area contributed by atoms with Gasteiger partial charge in [0.25, 0.3) is 5.91 Å². The normalized spacial score (nSPS) is 15.5. The molecule has 1 heterocycles. The number of aryl methyl sites for hydroxylation is 1. The molecular weight excluding hydrogens is 372 g/mol. The number of esters is 1. The standard InChI is InChI=1S/C22H26N2O5/c1-4-27-16-8-9-18-17(12-16)15(2)20(29-18)21(26)28-13-19(25)24(3)22(14-23)10-6-5-7-11-22/h8-9,12H,4-7,10-11,13H2,1-3H3. The summed E-state index contributed by atoms with van der Waals surface area (Å²) in [6.07, 6.45) is 4.17. The van der Waals surface area contributed by atoms with Crippen LogP contribution in [-0.2, 0) is 9.53 Å². The molecule has 1 aliphatic rings. The first-order valence-electron chi connectivity index (χ1n) is 9.93. The number of hydrogen-bond donors (Lipinski definition) is 0. The van der Waals surface area contributed by atoms with Gasteiger partial charge in [-0.05, 0) is 44.9 Å². The lowest BCUT2D eigenvalue weighted by Crippen LogP contribution is -2.51. The molecule has 7 nitrogen and oxygen atoms in total. The van der Waals surface area contributed by atoms with Crippen molar-refractivity contribution >= 4 is 22.8 Å². The fourth-order valence-corrected chi connectivity index (χ4v) is 3.84. The van der Waals surface area contributed by atoms with Crippen LogP contribution >= 0.6 is 0 Å². The summed E-state index contributed by atoms with van der Waals surface area (Å²) in [4.78, 5) is 26.5. The molecular formula is C22H26N2O5. The molecule has 154 valence electrons. The highest BCUT2D eigenvalue weighted by molar-refractivity contribution is 5.97. The molecule has 0 radical (unpaired) electrons. The van der Waals surface area contributed by atoms with E-state index in [-0.39, 0.29) is 5.76 Å². The van der Waals surface area contributed by atoms with Gasteiger partial charge in [-0.3, -0.25) is 4.79 Å². The predicted molar refractivity (Wildman–Crippen MR) is 107 cm³/mol. The Balaban J connectivity index is 1.69. The third kappa shape index (κ3) is 4.07. The third-order valence-electron chi connectivity index (χ3n) is 5.64. The van der Waals surface area contributed by atoms with Crippen molar-refractivity contribution in [3.8, 4) is 11.8 Å². The molecule has 0 N–H and O–H groups in total. The number of carbonyl (C=O) groups excluding carboxylic acids is 2. The van der Waals surface area contributed by atoms with Crippen molar-refractivity contribution in [3.05, 3.63) is 29.5 Å². The van der Waals surface area contributed by atoms with Crippen LogP contribution in [0.3, 0.4) is 0 Å². The fourth-order valence-electron chi connectivity index (χ4n) is 3.84. The van der Waals surface area contributed by atoms with Gasteiger partial charge < -0.3 is 18.8 Å². The summed E-state index contributed by atoms with van der Waals surface area (Å²) >= 11 is 0. The zero-order valence-electron chi connectivity index (χ0n) is 17.1. The van der Waals surface area contributed by atoms with Crippen LogP contribution < -0.4 is 4.74 Å². The summed E-state index contributed by atoms with van der Waals surface area (Å²) in [6, 6.07) is 7.62. The van der Waals surface area contributed by atoms with Gasteiger partial charge in [-0.2, -0.15) is 5.26 Å². The lowest BCUT2D eigenvalue weighted by Gasteiger charge is -2.38. The zero-order valence-corrected chi connectivity index (χ0v) is 17.1. The molecule has 0 spiro atoms. The van der Waals surface area contributed by atoms with Gasteiger partial charge >= 0.3 is 5.97 Å². The van der Waals surface area contributed by atoms with Crippen LogP contribution in [0.4, 0.5) is 0 Å². The van der Waals surface area contributed by atoms with E-state index in [1.165, 1.54) is 4.90 Å². The molecule has 2 aromatic rings. The number of benzene rings is 1. The Morgan fingerprint density at radius 2 is 2.00 bits per heavy atom. The largest absolute Gasteiger partial charge is 0.494 e. The minimum absolute atomic E-state index is 0.0664. The Kier molecular flexibility index (Phi) is 6.12. The number of nitrogens with zero attached hydrogens (tertiary/aromatic N) is 2. The van der Waals surface area contributed by atoms with Crippen molar-refractivity contribution < 1.29 is 23.5 Å². The Bertz CT molecular complexity index is 950. The number of amides is 1. The molecule has 3 rings (SSSR count). The van der Waals surface area contributed by atoms with Gasteiger partial charge in [0, 0.05) is 18.0 Å². The van der Waals surface area contributed by atoms with E-state index in [9.17, 15) is 14.9 Å². The molecule has 1 amide bonds. The quantitative estimate of drug-likeness (QED) is 0.683. The highest BCUT2D eigenvalue weighted by Gasteiger charge is 2.39. The second-order valence-corrected chi connectivity index (χ2v) is 7.38. The van der Waals surface area contributed by atoms with E-state index in [1.54, 1.807) is 26.1 Å². The Morgan fingerprint density at radius 3 is 2.66 bits per heavy atom. The Morgan fingerprint density at radius 1 is 1.28 bits per heavy atom.